The third kappa shape index (κ3) is 2.44. The number of nitrogens with two attached hydrogens (primary N) is 1. The van der Waals surface area contributed by atoms with E-state index in [9.17, 15) is 0 Å². The minimum absolute atomic E-state index is 0.845. The lowest BCUT2D eigenvalue weighted by molar-refractivity contribution is 0.765. The van der Waals surface area contributed by atoms with Crippen LogP contribution in [0.4, 0.5) is 5.69 Å². The molecule has 0 amide bonds. The third-order valence-electron chi connectivity index (χ3n) is 2.90. The molecule has 0 fully saturated rings. The molecule has 2 aromatic rings. The van der Waals surface area contributed by atoms with E-state index in [0.717, 1.165) is 28.0 Å². The summed E-state index contributed by atoms with van der Waals surface area (Å²) in [5, 5.41) is 9.10. The molecule has 0 bridgehead atoms. The Morgan fingerprint density at radius 1 is 1.29 bits per heavy atom. The molecule has 0 spiro atoms. The van der Waals surface area contributed by atoms with E-state index in [4.69, 9.17) is 5.73 Å². The molecule has 4 nitrogen and oxygen atoms in total. The number of aromatic nitrogens is 3. The third-order valence-corrected chi connectivity index (χ3v) is 3.97. The van der Waals surface area contributed by atoms with Crippen molar-refractivity contribution in [3.8, 4) is 0 Å². The first kappa shape index (κ1) is 12.0. The summed E-state index contributed by atoms with van der Waals surface area (Å²) in [6, 6.07) is 6.01. The average molecular weight is 248 g/mol. The van der Waals surface area contributed by atoms with Gasteiger partial charge in [-0.15, -0.1) is 10.2 Å². The molecule has 0 unspecified atom stereocenters. The topological polar surface area (TPSA) is 56.7 Å². The molecule has 0 aliphatic heterocycles. The van der Waals surface area contributed by atoms with Crippen molar-refractivity contribution >= 4 is 17.4 Å². The molecule has 1 heterocycles. The quantitative estimate of drug-likeness (QED) is 0.669. The standard InChI is InChI=1S/C12H16N4S/c1-8-10(5-4-6-11(8)13)7-17-12-15-14-9(2)16(12)3/h4-6H,7,13H2,1-3H3. The van der Waals surface area contributed by atoms with Crippen LogP contribution in [0.1, 0.15) is 17.0 Å². The van der Waals surface area contributed by atoms with Crippen molar-refractivity contribution in [2.45, 2.75) is 24.8 Å². The fourth-order valence-electron chi connectivity index (χ4n) is 1.52. The van der Waals surface area contributed by atoms with E-state index >= 15 is 0 Å². The van der Waals surface area contributed by atoms with Crippen LogP contribution in [0.2, 0.25) is 0 Å². The summed E-state index contributed by atoms with van der Waals surface area (Å²) in [4.78, 5) is 0. The fourth-order valence-corrected chi connectivity index (χ4v) is 2.54. The number of thioether (sulfide) groups is 1. The van der Waals surface area contributed by atoms with Gasteiger partial charge in [-0.2, -0.15) is 0 Å². The minimum atomic E-state index is 0.845. The second kappa shape index (κ2) is 4.79. The number of hydrogen-bond acceptors (Lipinski definition) is 4. The zero-order chi connectivity index (χ0) is 12.4. The highest BCUT2D eigenvalue weighted by Crippen LogP contribution is 2.24. The van der Waals surface area contributed by atoms with Crippen molar-refractivity contribution in [2.75, 3.05) is 5.73 Å². The van der Waals surface area contributed by atoms with Crippen LogP contribution < -0.4 is 5.73 Å². The smallest absolute Gasteiger partial charge is 0.191 e. The van der Waals surface area contributed by atoms with Crippen LogP contribution in [0.5, 0.6) is 0 Å². The predicted octanol–water partition coefficient (Wildman–Crippen LogP) is 2.31. The van der Waals surface area contributed by atoms with Gasteiger partial charge in [-0.25, -0.2) is 0 Å². The zero-order valence-electron chi connectivity index (χ0n) is 10.3. The maximum Gasteiger partial charge on any atom is 0.191 e. The largest absolute Gasteiger partial charge is 0.399 e. The Labute approximate surface area is 105 Å². The summed E-state index contributed by atoms with van der Waals surface area (Å²) in [6.07, 6.45) is 0. The Bertz CT molecular complexity index is 533. The highest BCUT2D eigenvalue weighted by atomic mass is 32.2. The number of anilines is 1. The van der Waals surface area contributed by atoms with Crippen LogP contribution in [-0.4, -0.2) is 14.8 Å². The van der Waals surface area contributed by atoms with Gasteiger partial charge in [0.15, 0.2) is 5.16 Å². The van der Waals surface area contributed by atoms with Crippen LogP contribution in [0.25, 0.3) is 0 Å². The SMILES string of the molecule is Cc1c(N)cccc1CSc1nnc(C)n1C. The molecule has 2 rings (SSSR count). The molecule has 2 N–H and O–H groups in total. The second-order valence-corrected chi connectivity index (χ2v) is 4.95. The first-order valence-corrected chi connectivity index (χ1v) is 6.41. The van der Waals surface area contributed by atoms with Crippen LogP contribution in [0.3, 0.4) is 0 Å². The fraction of sp³-hybridized carbons (Fsp3) is 0.333. The van der Waals surface area contributed by atoms with Gasteiger partial charge in [0.25, 0.3) is 0 Å². The molecule has 0 saturated carbocycles. The molecule has 1 aromatic carbocycles. The molecular weight excluding hydrogens is 232 g/mol. The van der Waals surface area contributed by atoms with Gasteiger partial charge in [0.2, 0.25) is 0 Å². The Morgan fingerprint density at radius 2 is 2.06 bits per heavy atom. The van der Waals surface area contributed by atoms with Gasteiger partial charge >= 0.3 is 0 Å². The highest BCUT2D eigenvalue weighted by Gasteiger charge is 2.07. The van der Waals surface area contributed by atoms with E-state index in [-0.39, 0.29) is 0 Å². The monoisotopic (exact) mass is 248 g/mol. The molecule has 0 aliphatic carbocycles. The Balaban J connectivity index is 2.13. The van der Waals surface area contributed by atoms with Gasteiger partial charge in [0.05, 0.1) is 0 Å². The summed E-state index contributed by atoms with van der Waals surface area (Å²) in [7, 11) is 1.98. The summed E-state index contributed by atoms with van der Waals surface area (Å²) in [6.45, 7) is 4.00. The average Bonchev–Trinajstić information content (AvgIpc) is 2.62. The van der Waals surface area contributed by atoms with Gasteiger partial charge in [-0.1, -0.05) is 23.9 Å². The van der Waals surface area contributed by atoms with E-state index in [1.54, 1.807) is 11.8 Å². The van der Waals surface area contributed by atoms with Gasteiger partial charge in [0.1, 0.15) is 5.82 Å². The van der Waals surface area contributed by atoms with Crippen molar-refractivity contribution in [1.29, 1.82) is 0 Å². The lowest BCUT2D eigenvalue weighted by Gasteiger charge is -2.07. The van der Waals surface area contributed by atoms with Crippen LogP contribution in [0, 0.1) is 13.8 Å². The van der Waals surface area contributed by atoms with Crippen LogP contribution in [-0.2, 0) is 12.8 Å². The molecule has 0 atom stereocenters. The van der Waals surface area contributed by atoms with E-state index in [1.165, 1.54) is 5.56 Å². The summed E-state index contributed by atoms with van der Waals surface area (Å²) >= 11 is 1.68. The Kier molecular flexibility index (Phi) is 3.38. The lowest BCUT2D eigenvalue weighted by Crippen LogP contribution is -1.96. The van der Waals surface area contributed by atoms with Crippen LogP contribution >= 0.6 is 11.8 Å². The molecule has 0 saturated heterocycles. The van der Waals surface area contributed by atoms with E-state index in [2.05, 4.69) is 16.3 Å². The van der Waals surface area contributed by atoms with Crippen molar-refractivity contribution < 1.29 is 0 Å². The number of rotatable bonds is 3. The van der Waals surface area contributed by atoms with Crippen molar-refractivity contribution in [3.63, 3.8) is 0 Å². The molecule has 0 aliphatic rings. The Morgan fingerprint density at radius 3 is 2.71 bits per heavy atom. The van der Waals surface area contributed by atoms with Crippen molar-refractivity contribution in [2.24, 2.45) is 7.05 Å². The minimum Gasteiger partial charge on any atom is -0.399 e. The zero-order valence-corrected chi connectivity index (χ0v) is 11.1. The maximum atomic E-state index is 5.88. The number of aryl methyl sites for hydroxylation is 1. The normalized spacial score (nSPS) is 10.8. The first-order valence-electron chi connectivity index (χ1n) is 5.42. The number of hydrogen-bond donors (Lipinski definition) is 1. The van der Waals surface area contributed by atoms with Gasteiger partial charge in [0, 0.05) is 18.5 Å². The number of nitrogen functional groups attached to an aromatic ring is 1. The summed E-state index contributed by atoms with van der Waals surface area (Å²) < 4.78 is 1.99. The first-order chi connectivity index (χ1) is 8.09. The van der Waals surface area contributed by atoms with E-state index in [0.29, 0.717) is 0 Å². The maximum absolute atomic E-state index is 5.88. The van der Waals surface area contributed by atoms with Crippen molar-refractivity contribution in [3.05, 3.63) is 35.2 Å². The highest BCUT2D eigenvalue weighted by molar-refractivity contribution is 7.98. The lowest BCUT2D eigenvalue weighted by atomic mass is 10.1. The van der Waals surface area contributed by atoms with Gasteiger partial charge in [-0.3, -0.25) is 0 Å². The van der Waals surface area contributed by atoms with Crippen LogP contribution in [0.15, 0.2) is 23.4 Å². The number of benzene rings is 1. The Hall–Kier alpha value is -1.49. The molecule has 17 heavy (non-hydrogen) atoms. The molecule has 5 heteroatoms. The predicted molar refractivity (Wildman–Crippen MR) is 70.9 cm³/mol. The second-order valence-electron chi connectivity index (χ2n) is 4.01. The van der Waals surface area contributed by atoms with Gasteiger partial charge in [-0.05, 0) is 31.0 Å². The number of nitrogens with zero attached hydrogens (tertiary/aromatic N) is 3. The summed E-state index contributed by atoms with van der Waals surface area (Å²) in [5.74, 6) is 1.79. The molecule has 90 valence electrons. The van der Waals surface area contributed by atoms with E-state index < -0.39 is 0 Å². The van der Waals surface area contributed by atoms with E-state index in [1.807, 2.05) is 37.6 Å². The molecule has 0 radical (unpaired) electrons. The molecular formula is C12H16N4S. The van der Waals surface area contributed by atoms with Crippen molar-refractivity contribution in [1.82, 2.24) is 14.8 Å². The molecule has 1 aromatic heterocycles. The summed E-state index contributed by atoms with van der Waals surface area (Å²) in [5.41, 5.74) is 9.12. The van der Waals surface area contributed by atoms with Gasteiger partial charge < -0.3 is 10.3 Å².